The van der Waals surface area contributed by atoms with Crippen LogP contribution in [-0.4, -0.2) is 50.8 Å². The zero-order valence-corrected chi connectivity index (χ0v) is 15.1. The number of likely N-dealkylation sites (N-methyl/N-ethyl adjacent to an activating group) is 2. The second-order valence-corrected chi connectivity index (χ2v) is 8.18. The summed E-state index contributed by atoms with van der Waals surface area (Å²) in [5.41, 5.74) is 0.779. The highest BCUT2D eigenvalue weighted by Crippen LogP contribution is 2.31. The van der Waals surface area contributed by atoms with Crippen LogP contribution in [-0.2, 0) is 15.9 Å². The Morgan fingerprint density at radius 1 is 1.40 bits per heavy atom. The molecule has 0 radical (unpaired) electrons. The molecule has 1 heterocycles. The van der Waals surface area contributed by atoms with Crippen molar-refractivity contribution >= 4 is 33.0 Å². The summed E-state index contributed by atoms with van der Waals surface area (Å²) in [6.07, 6.45) is 0. The van der Waals surface area contributed by atoms with Crippen LogP contribution in [0.2, 0.25) is 0 Å². The first-order chi connectivity index (χ1) is 9.25. The van der Waals surface area contributed by atoms with Gasteiger partial charge in [-0.15, -0.1) is 22.9 Å². The maximum absolute atomic E-state index is 12.9. The first-order valence-electron chi connectivity index (χ1n) is 6.55. The zero-order valence-electron chi connectivity index (χ0n) is 12.7. The minimum Gasteiger partial charge on any atom is -0.308 e. The third-order valence-electron chi connectivity index (χ3n) is 3.11. The van der Waals surface area contributed by atoms with E-state index in [-0.39, 0.29) is 11.9 Å². The van der Waals surface area contributed by atoms with Crippen molar-refractivity contribution in [1.29, 1.82) is 0 Å². The van der Waals surface area contributed by atoms with Crippen molar-refractivity contribution in [3.8, 4) is 0 Å². The molecule has 0 spiro atoms. The molecule has 0 fully saturated rings. The maximum Gasteiger partial charge on any atom is 0.244 e. The van der Waals surface area contributed by atoms with E-state index in [9.17, 15) is 8.42 Å². The molecule has 1 atom stereocenters. The number of thiophene rings is 1. The highest BCUT2D eigenvalue weighted by molar-refractivity contribution is 7.89. The predicted octanol–water partition coefficient (Wildman–Crippen LogP) is 2.76. The van der Waals surface area contributed by atoms with Crippen LogP contribution in [0.1, 0.15) is 24.3 Å². The Morgan fingerprint density at radius 3 is 2.45 bits per heavy atom. The smallest absolute Gasteiger partial charge is 0.244 e. The van der Waals surface area contributed by atoms with Gasteiger partial charge in [-0.05, 0) is 38.9 Å². The van der Waals surface area contributed by atoms with Gasteiger partial charge in [0.1, 0.15) is 4.90 Å². The number of nitrogens with zero attached hydrogens (tertiary/aromatic N) is 2. The van der Waals surface area contributed by atoms with Gasteiger partial charge in [-0.25, -0.2) is 8.42 Å². The molecular weight excluding hydrogens is 316 g/mol. The van der Waals surface area contributed by atoms with Crippen LogP contribution < -0.4 is 0 Å². The van der Waals surface area contributed by atoms with Crippen molar-refractivity contribution in [2.24, 2.45) is 0 Å². The number of halogens is 1. The summed E-state index contributed by atoms with van der Waals surface area (Å²) in [4.78, 5) is 3.11. The molecular formula is C13H23ClN2O2S2. The van der Waals surface area contributed by atoms with Crippen molar-refractivity contribution < 1.29 is 8.42 Å². The van der Waals surface area contributed by atoms with Crippen LogP contribution >= 0.6 is 22.9 Å². The maximum atomic E-state index is 12.9. The van der Waals surface area contributed by atoms with E-state index in [0.717, 1.165) is 10.4 Å². The Morgan fingerprint density at radius 2 is 2.00 bits per heavy atom. The minimum atomic E-state index is -3.49. The van der Waals surface area contributed by atoms with Gasteiger partial charge in [-0.2, -0.15) is 4.31 Å². The topological polar surface area (TPSA) is 40.6 Å². The molecule has 0 bridgehead atoms. The molecule has 1 unspecified atom stereocenters. The number of hydrogen-bond donors (Lipinski definition) is 0. The van der Waals surface area contributed by atoms with Crippen LogP contribution in [0.3, 0.4) is 0 Å². The second kappa shape index (κ2) is 7.22. The lowest BCUT2D eigenvalue weighted by Gasteiger charge is -2.29. The van der Waals surface area contributed by atoms with Crippen LogP contribution in [0.4, 0.5) is 0 Å². The summed E-state index contributed by atoms with van der Waals surface area (Å²) < 4.78 is 27.4. The lowest BCUT2D eigenvalue weighted by Crippen LogP contribution is -2.43. The third-order valence-corrected chi connectivity index (χ3v) is 7.09. The van der Waals surface area contributed by atoms with E-state index in [2.05, 4.69) is 0 Å². The third kappa shape index (κ3) is 3.74. The van der Waals surface area contributed by atoms with Gasteiger partial charge in [-0.3, -0.25) is 0 Å². The van der Waals surface area contributed by atoms with E-state index in [0.29, 0.717) is 18.0 Å². The highest BCUT2D eigenvalue weighted by Gasteiger charge is 2.32. The highest BCUT2D eigenvalue weighted by atomic mass is 35.5. The molecule has 0 aromatic carbocycles. The Labute approximate surface area is 131 Å². The number of alkyl halides is 1. The largest absolute Gasteiger partial charge is 0.308 e. The van der Waals surface area contributed by atoms with Crippen LogP contribution in [0.15, 0.2) is 10.3 Å². The number of hydrogen-bond acceptors (Lipinski definition) is 4. The summed E-state index contributed by atoms with van der Waals surface area (Å²) in [6.45, 7) is 6.76. The average Bonchev–Trinajstić information content (AvgIpc) is 2.70. The first-order valence-corrected chi connectivity index (χ1v) is 9.40. The van der Waals surface area contributed by atoms with Gasteiger partial charge in [0, 0.05) is 24.0 Å². The number of aryl methyl sites for hydroxylation is 1. The van der Waals surface area contributed by atoms with E-state index >= 15 is 0 Å². The molecule has 1 aromatic heterocycles. The van der Waals surface area contributed by atoms with Crippen molar-refractivity contribution in [3.63, 3.8) is 0 Å². The Hall–Kier alpha value is -0.140. The second-order valence-electron chi connectivity index (χ2n) is 5.12. The SMILES string of the molecule is CCN(C(C)CN(C)C)S(=O)(=O)c1c(C)csc1CCl. The van der Waals surface area contributed by atoms with E-state index in [1.807, 2.05) is 45.1 Å². The van der Waals surface area contributed by atoms with E-state index in [1.54, 1.807) is 4.31 Å². The van der Waals surface area contributed by atoms with Crippen molar-refractivity contribution in [2.45, 2.75) is 37.6 Å². The molecule has 7 heteroatoms. The van der Waals surface area contributed by atoms with Crippen molar-refractivity contribution in [3.05, 3.63) is 15.8 Å². The molecule has 0 saturated carbocycles. The lowest BCUT2D eigenvalue weighted by atomic mass is 10.3. The Bertz CT molecular complexity index is 541. The molecule has 0 N–H and O–H groups in total. The quantitative estimate of drug-likeness (QED) is 0.718. The van der Waals surface area contributed by atoms with Crippen molar-refractivity contribution in [1.82, 2.24) is 9.21 Å². The summed E-state index contributed by atoms with van der Waals surface area (Å²) >= 11 is 7.29. The fraction of sp³-hybridized carbons (Fsp3) is 0.692. The van der Waals surface area contributed by atoms with E-state index in [4.69, 9.17) is 11.6 Å². The molecule has 1 aromatic rings. The van der Waals surface area contributed by atoms with Crippen LogP contribution in [0.25, 0.3) is 0 Å². The summed E-state index contributed by atoms with van der Waals surface area (Å²) in [6, 6.07) is -0.0810. The van der Waals surface area contributed by atoms with Gasteiger partial charge in [0.15, 0.2) is 0 Å². The summed E-state index contributed by atoms with van der Waals surface area (Å²) in [5.74, 6) is 0.229. The molecule has 20 heavy (non-hydrogen) atoms. The minimum absolute atomic E-state index is 0.0810. The molecule has 0 aliphatic heterocycles. The van der Waals surface area contributed by atoms with Gasteiger partial charge in [0.05, 0.1) is 5.88 Å². The van der Waals surface area contributed by atoms with Crippen LogP contribution in [0.5, 0.6) is 0 Å². The molecule has 0 aliphatic carbocycles. The van der Waals surface area contributed by atoms with Gasteiger partial charge in [0.2, 0.25) is 10.0 Å². The molecule has 0 saturated heterocycles. The van der Waals surface area contributed by atoms with Gasteiger partial charge in [0.25, 0.3) is 0 Å². The zero-order chi connectivity index (χ0) is 15.5. The van der Waals surface area contributed by atoms with E-state index in [1.165, 1.54) is 11.3 Å². The lowest BCUT2D eigenvalue weighted by molar-refractivity contribution is 0.271. The summed E-state index contributed by atoms with van der Waals surface area (Å²) in [7, 11) is 0.389. The van der Waals surface area contributed by atoms with Gasteiger partial charge < -0.3 is 4.90 Å². The van der Waals surface area contributed by atoms with Gasteiger partial charge >= 0.3 is 0 Å². The molecule has 0 aliphatic rings. The molecule has 116 valence electrons. The number of rotatable bonds is 7. The van der Waals surface area contributed by atoms with Crippen LogP contribution in [0, 0.1) is 6.92 Å². The first kappa shape index (κ1) is 17.9. The predicted molar refractivity (Wildman–Crippen MR) is 86.2 cm³/mol. The number of sulfonamides is 1. The van der Waals surface area contributed by atoms with Crippen molar-refractivity contribution in [2.75, 3.05) is 27.2 Å². The fourth-order valence-corrected chi connectivity index (χ4v) is 6.03. The fourth-order valence-electron chi connectivity index (χ4n) is 2.38. The molecule has 4 nitrogen and oxygen atoms in total. The standard InChI is InChI=1S/C13H23ClN2O2S2/c1-6-16(11(3)8-15(4)5)20(17,18)13-10(2)9-19-12(13)7-14/h9,11H,6-8H2,1-5H3. The molecule has 0 amide bonds. The average molecular weight is 339 g/mol. The molecule has 1 rings (SSSR count). The van der Waals surface area contributed by atoms with E-state index < -0.39 is 10.0 Å². The monoisotopic (exact) mass is 338 g/mol. The normalized spacial score (nSPS) is 14.2. The summed E-state index contributed by atoms with van der Waals surface area (Å²) in [5, 5.41) is 1.86. The Kier molecular flexibility index (Phi) is 6.47. The van der Waals surface area contributed by atoms with Gasteiger partial charge in [-0.1, -0.05) is 6.92 Å². The Balaban J connectivity index is 3.21.